The lowest BCUT2D eigenvalue weighted by molar-refractivity contribution is 0.254. The van der Waals surface area contributed by atoms with Gasteiger partial charge in [0.25, 0.3) is 0 Å². The van der Waals surface area contributed by atoms with E-state index < -0.39 is 0 Å². The minimum Gasteiger partial charge on any atom is -0.493 e. The maximum atomic E-state index is 7.65. The second-order valence-electron chi connectivity index (χ2n) is 5.28. The van der Waals surface area contributed by atoms with Gasteiger partial charge in [-0.1, -0.05) is 44.5 Å². The Balaban J connectivity index is 2.31. The van der Waals surface area contributed by atoms with Crippen LogP contribution in [0.25, 0.3) is 10.8 Å². The molecule has 20 heavy (non-hydrogen) atoms. The zero-order chi connectivity index (χ0) is 14.5. The zero-order valence-electron chi connectivity index (χ0n) is 12.1. The molecule has 0 amide bonds. The van der Waals surface area contributed by atoms with E-state index in [0.717, 1.165) is 28.7 Å². The largest absolute Gasteiger partial charge is 0.493 e. The third-order valence-corrected chi connectivity index (χ3v) is 3.48. The molecule has 0 saturated carbocycles. The Morgan fingerprint density at radius 3 is 2.55 bits per heavy atom. The van der Waals surface area contributed by atoms with Gasteiger partial charge in [-0.25, -0.2) is 0 Å². The summed E-state index contributed by atoms with van der Waals surface area (Å²) in [5, 5.41) is 9.64. The van der Waals surface area contributed by atoms with E-state index in [1.807, 2.05) is 36.4 Å². The number of ether oxygens (including phenoxy) is 1. The van der Waals surface area contributed by atoms with Crippen LogP contribution in [0.5, 0.6) is 5.75 Å². The van der Waals surface area contributed by atoms with Crippen LogP contribution in [0.15, 0.2) is 36.4 Å². The summed E-state index contributed by atoms with van der Waals surface area (Å²) in [5.74, 6) is 1.51. The lowest BCUT2D eigenvalue weighted by Crippen LogP contribution is -2.12. The van der Waals surface area contributed by atoms with Gasteiger partial charge in [0.05, 0.1) is 6.61 Å². The lowest BCUT2D eigenvalue weighted by Gasteiger charge is -2.15. The Kier molecular flexibility index (Phi) is 4.61. The lowest BCUT2D eigenvalue weighted by atomic mass is 10.0. The second kappa shape index (κ2) is 6.42. The number of nitrogens with two attached hydrogens (primary N) is 1. The summed E-state index contributed by atoms with van der Waals surface area (Å²) in [6.45, 7) is 5.11. The maximum absolute atomic E-state index is 7.65. The average Bonchev–Trinajstić information content (AvgIpc) is 2.44. The minimum atomic E-state index is 0.0899. The first-order chi connectivity index (χ1) is 9.63. The average molecular weight is 270 g/mol. The van der Waals surface area contributed by atoms with Crippen LogP contribution in [-0.2, 0) is 0 Å². The monoisotopic (exact) mass is 270 g/mol. The molecule has 1 atom stereocenters. The fourth-order valence-electron chi connectivity index (χ4n) is 2.44. The van der Waals surface area contributed by atoms with Gasteiger partial charge in [0.15, 0.2) is 0 Å². The van der Waals surface area contributed by atoms with E-state index in [1.165, 1.54) is 12.8 Å². The summed E-state index contributed by atoms with van der Waals surface area (Å²) < 4.78 is 5.96. The topological polar surface area (TPSA) is 59.1 Å². The van der Waals surface area contributed by atoms with Gasteiger partial charge in [0, 0.05) is 10.9 Å². The molecule has 0 heterocycles. The van der Waals surface area contributed by atoms with E-state index in [1.54, 1.807) is 0 Å². The van der Waals surface area contributed by atoms with Gasteiger partial charge in [0.2, 0.25) is 0 Å². The molecule has 0 aliphatic heterocycles. The van der Waals surface area contributed by atoms with Crippen LogP contribution < -0.4 is 10.5 Å². The molecule has 2 aromatic rings. The highest BCUT2D eigenvalue weighted by Crippen LogP contribution is 2.28. The van der Waals surface area contributed by atoms with Crippen molar-refractivity contribution in [2.75, 3.05) is 6.61 Å². The summed E-state index contributed by atoms with van der Waals surface area (Å²) in [5.41, 5.74) is 6.39. The number of rotatable bonds is 6. The first kappa shape index (κ1) is 14.4. The van der Waals surface area contributed by atoms with Gasteiger partial charge in [-0.15, -0.1) is 0 Å². The van der Waals surface area contributed by atoms with Crippen LogP contribution in [0.1, 0.15) is 32.3 Å². The fourth-order valence-corrected chi connectivity index (χ4v) is 2.44. The predicted octanol–water partition coefficient (Wildman–Crippen LogP) is 3.94. The van der Waals surface area contributed by atoms with Crippen molar-refractivity contribution in [1.29, 1.82) is 5.41 Å². The van der Waals surface area contributed by atoms with Crippen molar-refractivity contribution in [2.24, 2.45) is 11.7 Å². The number of amidine groups is 1. The van der Waals surface area contributed by atoms with Crippen molar-refractivity contribution in [2.45, 2.75) is 26.7 Å². The molecule has 0 fully saturated rings. The van der Waals surface area contributed by atoms with Crippen molar-refractivity contribution >= 4 is 16.6 Å². The van der Waals surface area contributed by atoms with Crippen molar-refractivity contribution in [3.8, 4) is 5.75 Å². The van der Waals surface area contributed by atoms with Gasteiger partial charge >= 0.3 is 0 Å². The summed E-state index contributed by atoms with van der Waals surface area (Å²) in [4.78, 5) is 0. The Bertz CT molecular complexity index is 607. The molecule has 0 aromatic heterocycles. The quantitative estimate of drug-likeness (QED) is 0.617. The highest BCUT2D eigenvalue weighted by Gasteiger charge is 2.09. The summed E-state index contributed by atoms with van der Waals surface area (Å²) in [7, 11) is 0. The molecule has 0 radical (unpaired) electrons. The van der Waals surface area contributed by atoms with Crippen molar-refractivity contribution < 1.29 is 4.74 Å². The molecule has 3 nitrogen and oxygen atoms in total. The van der Waals surface area contributed by atoms with E-state index in [0.29, 0.717) is 5.92 Å². The molecule has 0 aliphatic rings. The smallest absolute Gasteiger partial charge is 0.127 e. The molecular formula is C17H22N2O. The molecule has 2 aromatic carbocycles. The van der Waals surface area contributed by atoms with Crippen LogP contribution >= 0.6 is 0 Å². The van der Waals surface area contributed by atoms with Crippen LogP contribution in [0, 0.1) is 11.3 Å². The third kappa shape index (κ3) is 3.10. The normalized spacial score (nSPS) is 12.3. The van der Waals surface area contributed by atoms with E-state index in [9.17, 15) is 0 Å². The number of hydrogen-bond donors (Lipinski definition) is 2. The highest BCUT2D eigenvalue weighted by atomic mass is 16.5. The van der Waals surface area contributed by atoms with Gasteiger partial charge in [-0.05, 0) is 29.9 Å². The number of nitrogens with one attached hydrogen (secondary N) is 1. The van der Waals surface area contributed by atoms with E-state index in [2.05, 4.69) is 13.8 Å². The molecule has 0 spiro atoms. The Morgan fingerprint density at radius 1 is 1.20 bits per heavy atom. The molecule has 3 heteroatoms. The molecule has 2 rings (SSSR count). The fraction of sp³-hybridized carbons (Fsp3) is 0.353. The summed E-state index contributed by atoms with van der Waals surface area (Å²) >= 11 is 0. The van der Waals surface area contributed by atoms with Gasteiger partial charge in [0.1, 0.15) is 11.6 Å². The Morgan fingerprint density at radius 2 is 1.90 bits per heavy atom. The van der Waals surface area contributed by atoms with E-state index >= 15 is 0 Å². The Hall–Kier alpha value is -2.03. The van der Waals surface area contributed by atoms with Gasteiger partial charge in [-0.2, -0.15) is 0 Å². The van der Waals surface area contributed by atoms with Gasteiger partial charge < -0.3 is 10.5 Å². The summed E-state index contributed by atoms with van der Waals surface area (Å²) in [6.07, 6.45) is 2.35. The maximum Gasteiger partial charge on any atom is 0.127 e. The first-order valence-corrected chi connectivity index (χ1v) is 7.12. The van der Waals surface area contributed by atoms with Crippen molar-refractivity contribution in [1.82, 2.24) is 0 Å². The Labute approximate surface area is 120 Å². The number of benzene rings is 2. The molecule has 3 N–H and O–H groups in total. The molecule has 0 saturated heterocycles. The molecular weight excluding hydrogens is 248 g/mol. The van der Waals surface area contributed by atoms with Gasteiger partial charge in [-0.3, -0.25) is 5.41 Å². The third-order valence-electron chi connectivity index (χ3n) is 3.48. The highest BCUT2D eigenvalue weighted by molar-refractivity contribution is 6.09. The molecule has 0 aliphatic carbocycles. The number of hydrogen-bond acceptors (Lipinski definition) is 2. The van der Waals surface area contributed by atoms with E-state index in [4.69, 9.17) is 15.9 Å². The number of fused-ring (bicyclic) bond motifs is 1. The summed E-state index contributed by atoms with van der Waals surface area (Å²) in [6, 6.07) is 11.7. The molecule has 1 unspecified atom stereocenters. The standard InChI is InChI=1S/C17H22N2O/c1-3-6-12(2)11-20-16-10-9-15(17(18)19)13-7-4-5-8-14(13)16/h4-5,7-10,12H,3,6,11H2,1-2H3,(H3,18,19). The first-order valence-electron chi connectivity index (χ1n) is 7.12. The molecule has 0 bridgehead atoms. The minimum absolute atomic E-state index is 0.0899. The molecule has 106 valence electrons. The van der Waals surface area contributed by atoms with E-state index in [-0.39, 0.29) is 5.84 Å². The predicted molar refractivity (Wildman–Crippen MR) is 84.5 cm³/mol. The van der Waals surface area contributed by atoms with Crippen LogP contribution in [-0.4, -0.2) is 12.4 Å². The zero-order valence-corrected chi connectivity index (χ0v) is 12.1. The SMILES string of the molecule is CCCC(C)COc1ccc(C(=N)N)c2ccccc12. The second-order valence-corrected chi connectivity index (χ2v) is 5.28. The van der Waals surface area contributed by atoms with Crippen LogP contribution in [0.3, 0.4) is 0 Å². The van der Waals surface area contributed by atoms with Crippen LogP contribution in [0.4, 0.5) is 0 Å². The number of nitrogen functional groups attached to an aromatic ring is 1. The van der Waals surface area contributed by atoms with Crippen molar-refractivity contribution in [3.05, 3.63) is 42.0 Å². The van der Waals surface area contributed by atoms with Crippen molar-refractivity contribution in [3.63, 3.8) is 0 Å². The van der Waals surface area contributed by atoms with Crippen LogP contribution in [0.2, 0.25) is 0 Å².